The third-order valence-electron chi connectivity index (χ3n) is 1.70. The molecule has 0 saturated heterocycles. The van der Waals surface area contributed by atoms with Gasteiger partial charge in [-0.2, -0.15) is 0 Å². The van der Waals surface area contributed by atoms with E-state index in [-0.39, 0.29) is 0 Å². The molecule has 0 amide bonds. The summed E-state index contributed by atoms with van der Waals surface area (Å²) in [7, 11) is 0. The summed E-state index contributed by atoms with van der Waals surface area (Å²) in [5.74, 6) is 0. The molecule has 1 aromatic rings. The molecule has 1 aromatic carbocycles. The summed E-state index contributed by atoms with van der Waals surface area (Å²) >= 11 is 0. The standard InChI is InChI=1S/C10H13N.C2H2/c1-4-11-10-8(2)6-5-7-9(10)3;1-2/h4-7H,1-3H3;1-2H. The van der Waals surface area contributed by atoms with Crippen molar-refractivity contribution >= 4 is 11.9 Å². The van der Waals surface area contributed by atoms with E-state index >= 15 is 0 Å². The van der Waals surface area contributed by atoms with Gasteiger partial charge >= 0.3 is 0 Å². The van der Waals surface area contributed by atoms with Crippen molar-refractivity contribution in [2.45, 2.75) is 20.8 Å². The highest BCUT2D eigenvalue weighted by atomic mass is 14.7. The Hall–Kier alpha value is -1.55. The number of aliphatic imine (C=N–C) groups is 1. The van der Waals surface area contributed by atoms with E-state index in [1.807, 2.05) is 13.1 Å². The van der Waals surface area contributed by atoms with Crippen LogP contribution in [0.4, 0.5) is 5.69 Å². The van der Waals surface area contributed by atoms with Crippen LogP contribution in [0.3, 0.4) is 0 Å². The average Bonchev–Trinajstić information content (AvgIpc) is 2.15. The summed E-state index contributed by atoms with van der Waals surface area (Å²) in [6.07, 6.45) is 9.83. The topological polar surface area (TPSA) is 12.4 Å². The lowest BCUT2D eigenvalue weighted by atomic mass is 10.1. The number of nitrogens with zero attached hydrogens (tertiary/aromatic N) is 1. The molecule has 0 heterocycles. The van der Waals surface area contributed by atoms with Gasteiger partial charge in [-0.3, -0.25) is 4.99 Å². The minimum atomic E-state index is 1.11. The predicted molar refractivity (Wildman–Crippen MR) is 59.6 cm³/mol. The van der Waals surface area contributed by atoms with Crippen LogP contribution in [-0.2, 0) is 0 Å². The number of para-hydroxylation sites is 1. The van der Waals surface area contributed by atoms with E-state index in [9.17, 15) is 0 Å². The van der Waals surface area contributed by atoms with Gasteiger partial charge in [0.2, 0.25) is 0 Å². The number of terminal acetylenes is 1. The van der Waals surface area contributed by atoms with Gasteiger partial charge in [0, 0.05) is 6.21 Å². The lowest BCUT2D eigenvalue weighted by molar-refractivity contribution is 1.33. The fraction of sp³-hybridized carbons (Fsp3) is 0.250. The van der Waals surface area contributed by atoms with E-state index in [1.54, 1.807) is 0 Å². The third-order valence-corrected chi connectivity index (χ3v) is 1.70. The maximum absolute atomic E-state index is 4.28. The van der Waals surface area contributed by atoms with Crippen LogP contribution in [0.1, 0.15) is 18.1 Å². The van der Waals surface area contributed by atoms with Gasteiger partial charge in [-0.1, -0.05) is 18.2 Å². The molecule has 1 rings (SSSR count). The van der Waals surface area contributed by atoms with Crippen LogP contribution in [0.15, 0.2) is 23.2 Å². The molecule has 0 aliphatic rings. The summed E-state index contributed by atoms with van der Waals surface area (Å²) in [5.41, 5.74) is 3.58. The van der Waals surface area contributed by atoms with Crippen molar-refractivity contribution in [1.82, 2.24) is 0 Å². The Morgan fingerprint density at radius 3 is 2.00 bits per heavy atom. The first kappa shape index (κ1) is 11.4. The second-order valence-corrected chi connectivity index (χ2v) is 2.63. The van der Waals surface area contributed by atoms with Crippen LogP contribution >= 0.6 is 0 Å². The lowest BCUT2D eigenvalue weighted by Crippen LogP contribution is -1.78. The number of aryl methyl sites for hydroxylation is 2. The first-order valence-corrected chi connectivity index (χ1v) is 4.14. The van der Waals surface area contributed by atoms with Gasteiger partial charge < -0.3 is 0 Å². The SMILES string of the molecule is C#C.CC=Nc1c(C)cccc1C. The summed E-state index contributed by atoms with van der Waals surface area (Å²) in [6.45, 7) is 6.09. The van der Waals surface area contributed by atoms with Gasteiger partial charge in [-0.05, 0) is 31.9 Å². The Labute approximate surface area is 80.5 Å². The monoisotopic (exact) mass is 173 g/mol. The van der Waals surface area contributed by atoms with Crippen molar-refractivity contribution in [3.8, 4) is 12.8 Å². The lowest BCUT2D eigenvalue weighted by Gasteiger charge is -2.02. The van der Waals surface area contributed by atoms with Crippen molar-refractivity contribution in [3.63, 3.8) is 0 Å². The molecule has 0 atom stereocenters. The first-order valence-electron chi connectivity index (χ1n) is 4.14. The average molecular weight is 173 g/mol. The second-order valence-electron chi connectivity index (χ2n) is 2.63. The number of benzene rings is 1. The van der Waals surface area contributed by atoms with Crippen LogP contribution in [0.25, 0.3) is 0 Å². The molecule has 0 fully saturated rings. The van der Waals surface area contributed by atoms with Gasteiger partial charge in [-0.15, -0.1) is 12.8 Å². The summed E-state index contributed by atoms with van der Waals surface area (Å²) in [5, 5.41) is 0. The molecule has 0 aliphatic heterocycles. The van der Waals surface area contributed by atoms with E-state index in [0.717, 1.165) is 5.69 Å². The van der Waals surface area contributed by atoms with Gasteiger partial charge in [0.05, 0.1) is 5.69 Å². The molecule has 0 aromatic heterocycles. The Bertz CT molecular complexity index is 288. The summed E-state index contributed by atoms with van der Waals surface area (Å²) < 4.78 is 0. The van der Waals surface area contributed by atoms with Crippen LogP contribution < -0.4 is 0 Å². The van der Waals surface area contributed by atoms with Gasteiger partial charge in [0.15, 0.2) is 0 Å². The highest BCUT2D eigenvalue weighted by molar-refractivity contribution is 5.64. The quantitative estimate of drug-likeness (QED) is 0.456. The second kappa shape index (κ2) is 6.02. The maximum atomic E-state index is 4.28. The van der Waals surface area contributed by atoms with E-state index in [4.69, 9.17) is 0 Å². The molecule has 1 heteroatoms. The fourth-order valence-electron chi connectivity index (χ4n) is 1.14. The summed E-state index contributed by atoms with van der Waals surface area (Å²) in [6, 6.07) is 6.21. The van der Waals surface area contributed by atoms with E-state index < -0.39 is 0 Å². The molecular formula is C12H15N. The molecule has 0 aliphatic carbocycles. The van der Waals surface area contributed by atoms with Crippen LogP contribution in [0, 0.1) is 26.7 Å². The van der Waals surface area contributed by atoms with Crippen molar-refractivity contribution < 1.29 is 0 Å². The molecule has 68 valence electrons. The van der Waals surface area contributed by atoms with Crippen molar-refractivity contribution in [2.24, 2.45) is 4.99 Å². The molecule has 0 unspecified atom stereocenters. The minimum absolute atomic E-state index is 1.11. The third kappa shape index (κ3) is 3.13. The first-order chi connectivity index (χ1) is 6.25. The molecule has 0 N–H and O–H groups in total. The fourth-order valence-corrected chi connectivity index (χ4v) is 1.14. The van der Waals surface area contributed by atoms with E-state index in [0.29, 0.717) is 0 Å². The Morgan fingerprint density at radius 2 is 1.62 bits per heavy atom. The number of hydrogen-bond donors (Lipinski definition) is 0. The normalized spacial score (nSPS) is 9.31. The van der Waals surface area contributed by atoms with Crippen LogP contribution in [0.2, 0.25) is 0 Å². The molecule has 0 spiro atoms. The van der Waals surface area contributed by atoms with Crippen molar-refractivity contribution in [3.05, 3.63) is 29.3 Å². The van der Waals surface area contributed by atoms with Crippen molar-refractivity contribution in [2.75, 3.05) is 0 Å². The highest BCUT2D eigenvalue weighted by Crippen LogP contribution is 2.21. The van der Waals surface area contributed by atoms with Gasteiger partial charge in [0.1, 0.15) is 0 Å². The Morgan fingerprint density at radius 1 is 1.15 bits per heavy atom. The zero-order valence-corrected chi connectivity index (χ0v) is 8.41. The van der Waals surface area contributed by atoms with Gasteiger partial charge in [-0.25, -0.2) is 0 Å². The molecule has 1 nitrogen and oxygen atoms in total. The van der Waals surface area contributed by atoms with Crippen LogP contribution in [-0.4, -0.2) is 6.21 Å². The Balaban J connectivity index is 0.000000671. The largest absolute Gasteiger partial charge is 0.261 e. The van der Waals surface area contributed by atoms with E-state index in [2.05, 4.69) is 49.9 Å². The number of rotatable bonds is 1. The maximum Gasteiger partial charge on any atom is 0.0683 e. The smallest absolute Gasteiger partial charge is 0.0683 e. The zero-order valence-electron chi connectivity index (χ0n) is 8.41. The molecule has 0 bridgehead atoms. The zero-order chi connectivity index (χ0) is 10.3. The highest BCUT2D eigenvalue weighted by Gasteiger charge is 1.96. The Kier molecular flexibility index (Phi) is 5.30. The van der Waals surface area contributed by atoms with Crippen LogP contribution in [0.5, 0.6) is 0 Å². The minimum Gasteiger partial charge on any atom is -0.261 e. The van der Waals surface area contributed by atoms with Crippen molar-refractivity contribution in [1.29, 1.82) is 0 Å². The summed E-state index contributed by atoms with van der Waals surface area (Å²) in [4.78, 5) is 4.28. The molecule has 0 saturated carbocycles. The van der Waals surface area contributed by atoms with E-state index in [1.165, 1.54) is 11.1 Å². The number of hydrogen-bond acceptors (Lipinski definition) is 1. The predicted octanol–water partition coefficient (Wildman–Crippen LogP) is 3.28. The van der Waals surface area contributed by atoms with Gasteiger partial charge in [0.25, 0.3) is 0 Å². The molecule has 0 radical (unpaired) electrons. The molecule has 13 heavy (non-hydrogen) atoms. The molecular weight excluding hydrogens is 158 g/mol.